The second kappa shape index (κ2) is 5.75. The molecule has 2 N–H and O–H groups in total. The molecule has 0 unspecified atom stereocenters. The van der Waals surface area contributed by atoms with Gasteiger partial charge in [0.1, 0.15) is 10.6 Å². The van der Waals surface area contributed by atoms with Crippen LogP contribution in [0.25, 0.3) is 10.2 Å². The predicted octanol–water partition coefficient (Wildman–Crippen LogP) is 0.969. The van der Waals surface area contributed by atoms with Crippen molar-refractivity contribution in [2.45, 2.75) is 0 Å². The van der Waals surface area contributed by atoms with E-state index in [1.807, 2.05) is 23.4 Å². The highest BCUT2D eigenvalue weighted by atomic mass is 32.1. The molecule has 1 fully saturated rings. The zero-order valence-electron chi connectivity index (χ0n) is 13.2. The topological polar surface area (TPSA) is 93.2 Å². The van der Waals surface area contributed by atoms with E-state index in [1.54, 1.807) is 28.3 Å². The molecule has 1 aliphatic heterocycles. The summed E-state index contributed by atoms with van der Waals surface area (Å²) < 4.78 is 1.74. The number of anilines is 2. The summed E-state index contributed by atoms with van der Waals surface area (Å²) in [6, 6.07) is 2.01. The van der Waals surface area contributed by atoms with Crippen LogP contribution >= 0.6 is 11.3 Å². The summed E-state index contributed by atoms with van der Waals surface area (Å²) in [5, 5.41) is 3.00. The Balaban J connectivity index is 1.53. The highest BCUT2D eigenvalue weighted by Crippen LogP contribution is 2.29. The van der Waals surface area contributed by atoms with Gasteiger partial charge in [0.15, 0.2) is 5.82 Å². The van der Waals surface area contributed by atoms with E-state index in [9.17, 15) is 4.79 Å². The van der Waals surface area contributed by atoms with Crippen molar-refractivity contribution in [1.82, 2.24) is 24.4 Å². The molecule has 124 valence electrons. The van der Waals surface area contributed by atoms with Crippen molar-refractivity contribution in [3.05, 3.63) is 29.7 Å². The third kappa shape index (κ3) is 2.46. The Morgan fingerprint density at radius 1 is 1.25 bits per heavy atom. The SMILES string of the molecule is Cn1ccnc1C(=O)N1CCN(c2nc(N)nc3sccc23)CC1. The lowest BCUT2D eigenvalue weighted by molar-refractivity contribution is 0.0730. The number of carbonyl (C=O) groups excluding carboxylic acids is 1. The van der Waals surface area contributed by atoms with E-state index in [1.165, 1.54) is 0 Å². The van der Waals surface area contributed by atoms with Crippen LogP contribution in [0.3, 0.4) is 0 Å². The highest BCUT2D eigenvalue weighted by molar-refractivity contribution is 7.16. The third-order valence-corrected chi connectivity index (χ3v) is 5.01. The van der Waals surface area contributed by atoms with Gasteiger partial charge in [-0.2, -0.15) is 4.98 Å². The lowest BCUT2D eigenvalue weighted by Crippen LogP contribution is -2.49. The van der Waals surface area contributed by atoms with Crippen molar-refractivity contribution in [2.75, 3.05) is 36.8 Å². The average molecular weight is 343 g/mol. The van der Waals surface area contributed by atoms with Crippen molar-refractivity contribution < 1.29 is 4.79 Å². The third-order valence-electron chi connectivity index (χ3n) is 4.20. The smallest absolute Gasteiger partial charge is 0.289 e. The van der Waals surface area contributed by atoms with E-state index in [-0.39, 0.29) is 11.9 Å². The van der Waals surface area contributed by atoms with Gasteiger partial charge in [-0.3, -0.25) is 4.79 Å². The number of piperazine rings is 1. The van der Waals surface area contributed by atoms with Gasteiger partial charge in [0, 0.05) is 45.6 Å². The molecule has 4 heterocycles. The van der Waals surface area contributed by atoms with Gasteiger partial charge in [-0.1, -0.05) is 0 Å². The standard InChI is InChI=1S/C15H17N7OS/c1-20-4-3-17-12(20)14(23)22-7-5-21(6-8-22)11-10-2-9-24-13(10)19-15(16)18-11/h2-4,9H,5-8H2,1H3,(H2,16,18,19). The molecule has 0 radical (unpaired) electrons. The molecule has 3 aromatic rings. The maximum Gasteiger partial charge on any atom is 0.289 e. The maximum atomic E-state index is 12.5. The zero-order chi connectivity index (χ0) is 16.7. The van der Waals surface area contributed by atoms with Gasteiger partial charge in [0.25, 0.3) is 5.91 Å². The molecule has 1 amide bonds. The molecule has 3 aromatic heterocycles. The summed E-state index contributed by atoms with van der Waals surface area (Å²) in [6.45, 7) is 2.66. The zero-order valence-corrected chi connectivity index (χ0v) is 14.0. The summed E-state index contributed by atoms with van der Waals surface area (Å²) in [5.74, 6) is 1.56. The van der Waals surface area contributed by atoms with Gasteiger partial charge < -0.3 is 20.1 Å². The minimum atomic E-state index is -0.0370. The summed E-state index contributed by atoms with van der Waals surface area (Å²) in [6.07, 6.45) is 3.42. The van der Waals surface area contributed by atoms with E-state index >= 15 is 0 Å². The van der Waals surface area contributed by atoms with E-state index in [4.69, 9.17) is 5.73 Å². The number of hydrogen-bond acceptors (Lipinski definition) is 7. The van der Waals surface area contributed by atoms with Crippen LogP contribution < -0.4 is 10.6 Å². The van der Waals surface area contributed by atoms with Crippen molar-refractivity contribution in [3.8, 4) is 0 Å². The molecule has 4 rings (SSSR count). The fraction of sp³-hybridized carbons (Fsp3) is 0.333. The number of hydrogen-bond donors (Lipinski definition) is 1. The monoisotopic (exact) mass is 343 g/mol. The number of nitrogens with zero attached hydrogens (tertiary/aromatic N) is 6. The molecular formula is C15H17N7OS. The second-order valence-corrected chi connectivity index (χ2v) is 6.58. The number of fused-ring (bicyclic) bond motifs is 1. The highest BCUT2D eigenvalue weighted by Gasteiger charge is 2.26. The Kier molecular flexibility index (Phi) is 3.57. The number of carbonyl (C=O) groups is 1. The van der Waals surface area contributed by atoms with Gasteiger partial charge in [-0.25, -0.2) is 9.97 Å². The summed E-state index contributed by atoms with van der Waals surface area (Å²) in [7, 11) is 1.83. The Morgan fingerprint density at radius 2 is 2.04 bits per heavy atom. The summed E-state index contributed by atoms with van der Waals surface area (Å²) in [4.78, 5) is 30.2. The number of aromatic nitrogens is 4. The molecule has 0 atom stereocenters. The number of thiophene rings is 1. The van der Waals surface area contributed by atoms with Crippen LogP contribution in [-0.2, 0) is 7.05 Å². The Bertz CT molecular complexity index is 894. The largest absolute Gasteiger partial charge is 0.368 e. The number of nitrogens with two attached hydrogens (primary N) is 1. The Morgan fingerprint density at radius 3 is 2.75 bits per heavy atom. The van der Waals surface area contributed by atoms with E-state index in [0.717, 1.165) is 16.0 Å². The van der Waals surface area contributed by atoms with Gasteiger partial charge in [0.05, 0.1) is 5.39 Å². The summed E-state index contributed by atoms with van der Waals surface area (Å²) >= 11 is 1.55. The normalized spacial score (nSPS) is 15.2. The van der Waals surface area contributed by atoms with E-state index in [2.05, 4.69) is 19.9 Å². The van der Waals surface area contributed by atoms with Crippen LogP contribution in [0.2, 0.25) is 0 Å². The number of amides is 1. The van der Waals surface area contributed by atoms with Crippen molar-refractivity contribution in [1.29, 1.82) is 0 Å². The minimum Gasteiger partial charge on any atom is -0.368 e. The number of imidazole rings is 1. The van der Waals surface area contributed by atoms with E-state index in [0.29, 0.717) is 32.0 Å². The van der Waals surface area contributed by atoms with Crippen LogP contribution in [0.5, 0.6) is 0 Å². The van der Waals surface area contributed by atoms with Crippen LogP contribution in [0.1, 0.15) is 10.6 Å². The van der Waals surface area contributed by atoms with Crippen molar-refractivity contribution in [2.24, 2.45) is 7.05 Å². The molecule has 1 aliphatic rings. The fourth-order valence-corrected chi connectivity index (χ4v) is 3.70. The molecular weight excluding hydrogens is 326 g/mol. The van der Waals surface area contributed by atoms with E-state index < -0.39 is 0 Å². The lowest BCUT2D eigenvalue weighted by Gasteiger charge is -2.35. The molecule has 0 aromatic carbocycles. The molecule has 0 spiro atoms. The molecule has 1 saturated heterocycles. The Labute approximate surface area is 142 Å². The van der Waals surface area contributed by atoms with Gasteiger partial charge >= 0.3 is 0 Å². The number of aryl methyl sites for hydroxylation is 1. The summed E-state index contributed by atoms with van der Waals surface area (Å²) in [5.41, 5.74) is 5.83. The molecule has 8 nitrogen and oxygen atoms in total. The van der Waals surface area contributed by atoms with Crippen LogP contribution in [0.15, 0.2) is 23.8 Å². The molecule has 0 saturated carbocycles. The first-order valence-corrected chi connectivity index (χ1v) is 8.53. The first-order valence-electron chi connectivity index (χ1n) is 7.66. The molecule has 24 heavy (non-hydrogen) atoms. The average Bonchev–Trinajstić information content (AvgIpc) is 3.22. The fourth-order valence-electron chi connectivity index (χ4n) is 2.93. The van der Waals surface area contributed by atoms with Crippen molar-refractivity contribution >= 4 is 39.2 Å². The molecule has 0 aliphatic carbocycles. The maximum absolute atomic E-state index is 12.5. The van der Waals surface area contributed by atoms with Crippen LogP contribution in [-0.4, -0.2) is 56.5 Å². The predicted molar refractivity (Wildman–Crippen MR) is 93.2 cm³/mol. The quantitative estimate of drug-likeness (QED) is 0.745. The Hall–Kier alpha value is -2.68. The van der Waals surface area contributed by atoms with Crippen LogP contribution in [0.4, 0.5) is 11.8 Å². The number of nitrogen functional groups attached to an aromatic ring is 1. The first kappa shape index (κ1) is 14.9. The minimum absolute atomic E-state index is 0.0370. The number of rotatable bonds is 2. The molecule has 9 heteroatoms. The lowest BCUT2D eigenvalue weighted by atomic mass is 10.2. The van der Waals surface area contributed by atoms with Gasteiger partial charge in [-0.15, -0.1) is 11.3 Å². The van der Waals surface area contributed by atoms with Gasteiger partial charge in [-0.05, 0) is 11.4 Å². The van der Waals surface area contributed by atoms with Crippen molar-refractivity contribution in [3.63, 3.8) is 0 Å². The second-order valence-electron chi connectivity index (χ2n) is 5.69. The molecule has 0 bridgehead atoms. The van der Waals surface area contributed by atoms with Gasteiger partial charge in [0.2, 0.25) is 5.95 Å². The first-order chi connectivity index (χ1) is 11.6. The van der Waals surface area contributed by atoms with Crippen LogP contribution in [0, 0.1) is 0 Å².